The van der Waals surface area contributed by atoms with Gasteiger partial charge in [-0.25, -0.2) is 15.8 Å². The molecule has 2 rings (SSSR count). The minimum atomic E-state index is 0.348. The van der Waals surface area contributed by atoms with E-state index in [0.29, 0.717) is 23.5 Å². The van der Waals surface area contributed by atoms with Crippen LogP contribution >= 0.6 is 0 Å². The van der Waals surface area contributed by atoms with Gasteiger partial charge in [0.15, 0.2) is 11.6 Å². The van der Waals surface area contributed by atoms with Crippen molar-refractivity contribution in [3.8, 4) is 5.75 Å². The quantitative estimate of drug-likeness (QED) is 0.525. The Hall–Kier alpha value is -1.60. The van der Waals surface area contributed by atoms with E-state index in [4.69, 9.17) is 15.3 Å². The van der Waals surface area contributed by atoms with Crippen molar-refractivity contribution in [2.45, 2.75) is 31.8 Å². The number of hydrogen-bond donors (Lipinski definition) is 3. The van der Waals surface area contributed by atoms with E-state index >= 15 is 0 Å². The fraction of sp³-hybridized carbons (Fsp3) is 0.667. The lowest BCUT2D eigenvalue weighted by molar-refractivity contribution is 0.0134. The third-order valence-corrected chi connectivity index (χ3v) is 3.18. The van der Waals surface area contributed by atoms with Crippen molar-refractivity contribution in [3.63, 3.8) is 0 Å². The average molecular weight is 267 g/mol. The van der Waals surface area contributed by atoms with Gasteiger partial charge in [-0.15, -0.1) is 0 Å². The minimum Gasteiger partial charge on any atom is -0.490 e. The Labute approximate surface area is 112 Å². The monoisotopic (exact) mass is 267 g/mol. The highest BCUT2D eigenvalue weighted by Gasteiger charge is 2.15. The molecule has 19 heavy (non-hydrogen) atoms. The van der Waals surface area contributed by atoms with Gasteiger partial charge in [-0.05, 0) is 25.7 Å². The molecule has 7 heteroatoms. The van der Waals surface area contributed by atoms with Crippen LogP contribution in [0.15, 0.2) is 6.33 Å². The molecule has 1 saturated heterocycles. The Morgan fingerprint density at radius 2 is 2.26 bits per heavy atom. The number of nitrogens with one attached hydrogen (secondary N) is 2. The number of hydrogen-bond acceptors (Lipinski definition) is 7. The molecule has 1 fully saturated rings. The molecule has 0 spiro atoms. The summed E-state index contributed by atoms with van der Waals surface area (Å²) in [5, 5.41) is 3.23. The second-order valence-corrected chi connectivity index (χ2v) is 4.45. The van der Waals surface area contributed by atoms with Crippen molar-refractivity contribution in [3.05, 3.63) is 6.33 Å². The van der Waals surface area contributed by atoms with Crippen molar-refractivity contribution >= 4 is 11.6 Å². The molecule has 1 aromatic heterocycles. The van der Waals surface area contributed by atoms with E-state index in [9.17, 15) is 0 Å². The van der Waals surface area contributed by atoms with Gasteiger partial charge in [-0.3, -0.25) is 0 Å². The molecule has 1 aliphatic heterocycles. The van der Waals surface area contributed by atoms with Gasteiger partial charge in [0, 0.05) is 13.2 Å². The molecule has 0 aliphatic carbocycles. The Morgan fingerprint density at radius 1 is 1.42 bits per heavy atom. The van der Waals surface area contributed by atoms with Crippen LogP contribution in [-0.2, 0) is 4.74 Å². The van der Waals surface area contributed by atoms with Crippen LogP contribution in [0.1, 0.15) is 25.7 Å². The lowest BCUT2D eigenvalue weighted by Gasteiger charge is -2.22. The van der Waals surface area contributed by atoms with Crippen LogP contribution in [0.25, 0.3) is 0 Å². The SMILES string of the molecule is COc1c(NN)ncnc1NCCC1CCCCO1. The molecule has 1 aromatic rings. The van der Waals surface area contributed by atoms with E-state index in [2.05, 4.69) is 20.7 Å². The Morgan fingerprint density at radius 3 is 2.95 bits per heavy atom. The van der Waals surface area contributed by atoms with Crippen LogP contribution in [0.2, 0.25) is 0 Å². The van der Waals surface area contributed by atoms with Crippen LogP contribution in [0.3, 0.4) is 0 Å². The molecule has 106 valence electrons. The highest BCUT2D eigenvalue weighted by Crippen LogP contribution is 2.28. The van der Waals surface area contributed by atoms with Gasteiger partial charge in [-0.2, -0.15) is 0 Å². The number of methoxy groups -OCH3 is 1. The van der Waals surface area contributed by atoms with Crippen molar-refractivity contribution < 1.29 is 9.47 Å². The summed E-state index contributed by atoms with van der Waals surface area (Å²) in [6.07, 6.45) is 6.31. The molecule has 7 nitrogen and oxygen atoms in total. The summed E-state index contributed by atoms with van der Waals surface area (Å²) in [4.78, 5) is 8.15. The number of nitrogens with two attached hydrogens (primary N) is 1. The predicted molar refractivity (Wildman–Crippen MR) is 73.1 cm³/mol. The van der Waals surface area contributed by atoms with Crippen LogP contribution in [0, 0.1) is 0 Å². The summed E-state index contributed by atoms with van der Waals surface area (Å²) in [6, 6.07) is 0. The molecule has 0 amide bonds. The highest BCUT2D eigenvalue weighted by molar-refractivity contribution is 5.62. The van der Waals surface area contributed by atoms with Gasteiger partial charge in [-0.1, -0.05) is 0 Å². The Balaban J connectivity index is 1.88. The third-order valence-electron chi connectivity index (χ3n) is 3.18. The first kappa shape index (κ1) is 13.8. The molecule has 1 aliphatic rings. The number of rotatable bonds is 6. The van der Waals surface area contributed by atoms with Crippen LogP contribution in [0.4, 0.5) is 11.6 Å². The van der Waals surface area contributed by atoms with E-state index in [0.717, 1.165) is 26.0 Å². The lowest BCUT2D eigenvalue weighted by atomic mass is 10.1. The second kappa shape index (κ2) is 7.10. The minimum absolute atomic E-state index is 0.348. The zero-order valence-corrected chi connectivity index (χ0v) is 11.2. The molecule has 1 atom stereocenters. The van der Waals surface area contributed by atoms with Gasteiger partial charge in [0.05, 0.1) is 13.2 Å². The molecule has 0 bridgehead atoms. The van der Waals surface area contributed by atoms with Crippen LogP contribution in [0.5, 0.6) is 5.75 Å². The van der Waals surface area contributed by atoms with Gasteiger partial charge < -0.3 is 20.2 Å². The molecule has 1 unspecified atom stereocenters. The van der Waals surface area contributed by atoms with E-state index < -0.39 is 0 Å². The summed E-state index contributed by atoms with van der Waals surface area (Å²) in [5.74, 6) is 7.00. The summed E-state index contributed by atoms with van der Waals surface area (Å²) in [5.41, 5.74) is 2.49. The third kappa shape index (κ3) is 3.68. The molecule has 4 N–H and O–H groups in total. The number of nitrogens with zero attached hydrogens (tertiary/aromatic N) is 2. The fourth-order valence-corrected chi connectivity index (χ4v) is 2.18. The molecule has 0 saturated carbocycles. The first-order chi connectivity index (χ1) is 9.35. The van der Waals surface area contributed by atoms with Crippen LogP contribution in [-0.4, -0.2) is 36.3 Å². The first-order valence-corrected chi connectivity index (χ1v) is 6.56. The summed E-state index contributed by atoms with van der Waals surface area (Å²) >= 11 is 0. The molecule has 0 aromatic carbocycles. The normalized spacial score (nSPS) is 18.9. The summed E-state index contributed by atoms with van der Waals surface area (Å²) in [6.45, 7) is 1.66. The van der Waals surface area contributed by atoms with Gasteiger partial charge in [0.2, 0.25) is 5.75 Å². The number of nitrogen functional groups attached to an aromatic ring is 1. The Kier molecular flexibility index (Phi) is 5.17. The lowest BCUT2D eigenvalue weighted by Crippen LogP contribution is -2.22. The predicted octanol–water partition coefficient (Wildman–Crippen LogP) is 1.14. The maximum atomic E-state index is 5.68. The number of ether oxygens (including phenoxy) is 2. The maximum Gasteiger partial charge on any atom is 0.205 e. The number of hydrazine groups is 1. The molecule has 2 heterocycles. The zero-order valence-electron chi connectivity index (χ0n) is 11.2. The largest absolute Gasteiger partial charge is 0.490 e. The highest BCUT2D eigenvalue weighted by atomic mass is 16.5. The first-order valence-electron chi connectivity index (χ1n) is 6.56. The van der Waals surface area contributed by atoms with Crippen molar-refractivity contribution in [2.75, 3.05) is 31.0 Å². The number of aromatic nitrogens is 2. The van der Waals surface area contributed by atoms with Gasteiger partial charge in [0.25, 0.3) is 0 Å². The summed E-state index contributed by atoms with van der Waals surface area (Å²) in [7, 11) is 1.56. The topological polar surface area (TPSA) is 94.3 Å². The molecular weight excluding hydrogens is 246 g/mol. The van der Waals surface area contributed by atoms with E-state index in [-0.39, 0.29) is 0 Å². The standard InChI is InChI=1S/C12H21N5O2/c1-18-10-11(15-8-16-12(10)17-13)14-6-5-9-4-2-3-7-19-9/h8-9H,2-7,13H2,1H3,(H2,14,15,16,17). The average Bonchev–Trinajstić information content (AvgIpc) is 2.48. The van der Waals surface area contributed by atoms with Gasteiger partial charge in [0.1, 0.15) is 6.33 Å². The number of anilines is 2. The van der Waals surface area contributed by atoms with Crippen molar-refractivity contribution in [1.82, 2.24) is 9.97 Å². The summed E-state index contributed by atoms with van der Waals surface area (Å²) < 4.78 is 10.9. The Bertz CT molecular complexity index is 396. The van der Waals surface area contributed by atoms with Crippen molar-refractivity contribution in [1.29, 1.82) is 0 Å². The molecular formula is C12H21N5O2. The zero-order chi connectivity index (χ0) is 13.5. The van der Waals surface area contributed by atoms with E-state index in [1.807, 2.05) is 0 Å². The van der Waals surface area contributed by atoms with Gasteiger partial charge >= 0.3 is 0 Å². The van der Waals surface area contributed by atoms with Crippen molar-refractivity contribution in [2.24, 2.45) is 5.84 Å². The second-order valence-electron chi connectivity index (χ2n) is 4.45. The van der Waals surface area contributed by atoms with E-state index in [1.54, 1.807) is 7.11 Å². The molecule has 0 radical (unpaired) electrons. The smallest absolute Gasteiger partial charge is 0.205 e. The maximum absolute atomic E-state index is 5.68. The van der Waals surface area contributed by atoms with Crippen LogP contribution < -0.4 is 21.3 Å². The van der Waals surface area contributed by atoms with E-state index in [1.165, 1.54) is 19.2 Å². The fourth-order valence-electron chi connectivity index (χ4n) is 2.18.